The Balaban J connectivity index is 3.43. The lowest BCUT2D eigenvalue weighted by molar-refractivity contribution is 0.110. The summed E-state index contributed by atoms with van der Waals surface area (Å²) in [5.74, 6) is 0. The van der Waals surface area contributed by atoms with Crippen LogP contribution in [0.15, 0.2) is 6.20 Å². The third kappa shape index (κ3) is 1.83. The fourth-order valence-corrected chi connectivity index (χ4v) is 1.21. The van der Waals surface area contributed by atoms with Crippen LogP contribution in [0.5, 0.6) is 0 Å². The number of aldehydes is 1. The topological polar surface area (TPSA) is 30.0 Å². The van der Waals surface area contributed by atoms with Crippen molar-refractivity contribution in [1.82, 2.24) is 4.98 Å². The minimum absolute atomic E-state index is 0.0455. The third-order valence-electron chi connectivity index (χ3n) is 1.64. The van der Waals surface area contributed by atoms with Crippen molar-refractivity contribution >= 4 is 17.9 Å². The number of alkyl halides is 2. The molecular weight excluding hydrogens is 200 g/mol. The van der Waals surface area contributed by atoms with Crippen LogP contribution in [0.25, 0.3) is 0 Å². The number of aryl methyl sites for hydroxylation is 1. The number of carbonyl (C=O) groups excluding carboxylic acids is 1. The van der Waals surface area contributed by atoms with Gasteiger partial charge in [-0.15, -0.1) is 0 Å². The van der Waals surface area contributed by atoms with E-state index in [0.717, 1.165) is 0 Å². The quantitative estimate of drug-likeness (QED) is 0.695. The van der Waals surface area contributed by atoms with Gasteiger partial charge >= 0.3 is 0 Å². The minimum atomic E-state index is -2.73. The van der Waals surface area contributed by atoms with E-state index in [0.29, 0.717) is 6.29 Å². The molecule has 13 heavy (non-hydrogen) atoms. The predicted octanol–water partition coefficient (Wildman–Crippen LogP) is 2.79. The van der Waals surface area contributed by atoms with Crippen LogP contribution in [0.3, 0.4) is 0 Å². The minimum Gasteiger partial charge on any atom is -0.298 e. The third-order valence-corrected chi connectivity index (χ3v) is 1.95. The van der Waals surface area contributed by atoms with Gasteiger partial charge in [-0.1, -0.05) is 11.6 Å². The lowest BCUT2D eigenvalue weighted by Gasteiger charge is -2.07. The Morgan fingerprint density at radius 3 is 2.62 bits per heavy atom. The van der Waals surface area contributed by atoms with Crippen molar-refractivity contribution in [3.05, 3.63) is 28.0 Å². The van der Waals surface area contributed by atoms with Gasteiger partial charge in [0, 0.05) is 17.5 Å². The molecule has 0 N–H and O–H groups in total. The van der Waals surface area contributed by atoms with E-state index < -0.39 is 6.43 Å². The van der Waals surface area contributed by atoms with Crippen molar-refractivity contribution in [2.45, 2.75) is 13.3 Å². The maximum atomic E-state index is 12.4. The molecular formula is C8H6ClF2NO. The molecule has 1 aromatic rings. The molecule has 0 aliphatic rings. The Labute approximate surface area is 78.5 Å². The van der Waals surface area contributed by atoms with Crippen LogP contribution in [-0.2, 0) is 0 Å². The molecule has 0 aliphatic heterocycles. The highest BCUT2D eigenvalue weighted by Gasteiger charge is 2.18. The Hall–Kier alpha value is -1.03. The first kappa shape index (κ1) is 10.1. The van der Waals surface area contributed by atoms with Crippen molar-refractivity contribution < 1.29 is 13.6 Å². The van der Waals surface area contributed by atoms with Crippen LogP contribution in [0.4, 0.5) is 8.78 Å². The van der Waals surface area contributed by atoms with Gasteiger partial charge in [-0.2, -0.15) is 0 Å². The Kier molecular flexibility index (Phi) is 2.93. The maximum absolute atomic E-state index is 12.4. The number of rotatable bonds is 2. The van der Waals surface area contributed by atoms with Gasteiger partial charge in [0.15, 0.2) is 6.29 Å². The van der Waals surface area contributed by atoms with Crippen LogP contribution in [0, 0.1) is 6.92 Å². The lowest BCUT2D eigenvalue weighted by Crippen LogP contribution is -2.00. The highest BCUT2D eigenvalue weighted by atomic mass is 35.5. The normalized spacial score (nSPS) is 10.5. The smallest absolute Gasteiger partial charge is 0.266 e. The number of carbonyl (C=O) groups is 1. The average molecular weight is 206 g/mol. The van der Waals surface area contributed by atoms with E-state index in [1.165, 1.54) is 13.1 Å². The van der Waals surface area contributed by atoms with Crippen molar-refractivity contribution in [3.8, 4) is 0 Å². The summed E-state index contributed by atoms with van der Waals surface area (Å²) in [5, 5.41) is -0.0455. The number of hydrogen-bond acceptors (Lipinski definition) is 2. The van der Waals surface area contributed by atoms with Gasteiger partial charge < -0.3 is 0 Å². The molecule has 0 fully saturated rings. The summed E-state index contributed by atoms with van der Waals surface area (Å²) in [7, 11) is 0. The monoisotopic (exact) mass is 205 g/mol. The van der Waals surface area contributed by atoms with Crippen molar-refractivity contribution in [1.29, 1.82) is 0 Å². The number of hydrogen-bond donors (Lipinski definition) is 0. The molecule has 0 unspecified atom stereocenters. The van der Waals surface area contributed by atoms with Gasteiger partial charge in [-0.25, -0.2) is 8.78 Å². The van der Waals surface area contributed by atoms with Crippen LogP contribution in [0.2, 0.25) is 5.02 Å². The second kappa shape index (κ2) is 3.79. The van der Waals surface area contributed by atoms with Gasteiger partial charge in [0.1, 0.15) is 0 Å². The number of nitrogens with zero attached hydrogens (tertiary/aromatic N) is 1. The van der Waals surface area contributed by atoms with Gasteiger partial charge in [0.05, 0.1) is 10.6 Å². The van der Waals surface area contributed by atoms with E-state index in [-0.39, 0.29) is 21.8 Å². The zero-order valence-corrected chi connectivity index (χ0v) is 7.48. The molecule has 0 saturated heterocycles. The Bertz CT molecular complexity index is 341. The van der Waals surface area contributed by atoms with Crippen LogP contribution < -0.4 is 0 Å². The van der Waals surface area contributed by atoms with Crippen molar-refractivity contribution in [2.75, 3.05) is 0 Å². The summed E-state index contributed by atoms with van der Waals surface area (Å²) in [6.07, 6.45) is -1.23. The van der Waals surface area contributed by atoms with E-state index in [4.69, 9.17) is 11.6 Å². The van der Waals surface area contributed by atoms with E-state index in [1.807, 2.05) is 0 Å². The number of halogens is 3. The van der Waals surface area contributed by atoms with Crippen LogP contribution >= 0.6 is 11.6 Å². The Morgan fingerprint density at radius 1 is 1.62 bits per heavy atom. The molecule has 70 valence electrons. The molecule has 1 heterocycles. The van der Waals surface area contributed by atoms with Crippen LogP contribution in [0.1, 0.15) is 28.0 Å². The van der Waals surface area contributed by atoms with E-state index in [9.17, 15) is 13.6 Å². The largest absolute Gasteiger partial charge is 0.298 e. The molecule has 5 heteroatoms. The van der Waals surface area contributed by atoms with Gasteiger partial charge in [0.25, 0.3) is 6.43 Å². The molecule has 0 aromatic carbocycles. The number of pyridine rings is 1. The van der Waals surface area contributed by atoms with E-state index in [2.05, 4.69) is 4.98 Å². The number of aromatic nitrogens is 1. The van der Waals surface area contributed by atoms with Gasteiger partial charge in [-0.05, 0) is 6.92 Å². The zero-order valence-electron chi connectivity index (χ0n) is 6.72. The van der Waals surface area contributed by atoms with E-state index >= 15 is 0 Å². The summed E-state index contributed by atoms with van der Waals surface area (Å²) >= 11 is 5.52. The highest BCUT2D eigenvalue weighted by Crippen LogP contribution is 2.28. The Morgan fingerprint density at radius 2 is 2.23 bits per heavy atom. The molecule has 0 bridgehead atoms. The SMILES string of the molecule is Cc1ncc(Cl)c(C=O)c1C(F)F. The fourth-order valence-electron chi connectivity index (χ4n) is 1.01. The summed E-state index contributed by atoms with van der Waals surface area (Å²) in [6, 6.07) is 0. The molecule has 0 saturated carbocycles. The molecule has 0 spiro atoms. The molecule has 2 nitrogen and oxygen atoms in total. The summed E-state index contributed by atoms with van der Waals surface area (Å²) in [6.45, 7) is 1.41. The first-order chi connectivity index (χ1) is 6.07. The molecule has 0 atom stereocenters. The molecule has 1 aromatic heterocycles. The lowest BCUT2D eigenvalue weighted by atomic mass is 10.1. The molecule has 0 aliphatic carbocycles. The first-order valence-electron chi connectivity index (χ1n) is 3.46. The zero-order chi connectivity index (χ0) is 10.0. The highest BCUT2D eigenvalue weighted by molar-refractivity contribution is 6.33. The van der Waals surface area contributed by atoms with Crippen molar-refractivity contribution in [3.63, 3.8) is 0 Å². The predicted molar refractivity (Wildman–Crippen MR) is 44.3 cm³/mol. The average Bonchev–Trinajstić information content (AvgIpc) is 2.07. The second-order valence-electron chi connectivity index (χ2n) is 2.44. The fraction of sp³-hybridized carbons (Fsp3) is 0.250. The van der Waals surface area contributed by atoms with Gasteiger partial charge in [0.2, 0.25) is 0 Å². The van der Waals surface area contributed by atoms with Gasteiger partial charge in [-0.3, -0.25) is 9.78 Å². The standard InChI is InChI=1S/C8H6ClF2NO/c1-4-7(8(10)11)5(3-13)6(9)2-12-4/h2-3,8H,1H3. The first-order valence-corrected chi connectivity index (χ1v) is 3.84. The van der Waals surface area contributed by atoms with Crippen molar-refractivity contribution in [2.24, 2.45) is 0 Å². The molecule has 0 amide bonds. The summed E-state index contributed by atoms with van der Waals surface area (Å²) in [5.41, 5.74) is -0.437. The summed E-state index contributed by atoms with van der Waals surface area (Å²) in [4.78, 5) is 14.1. The molecule has 0 radical (unpaired) electrons. The van der Waals surface area contributed by atoms with Crippen LogP contribution in [-0.4, -0.2) is 11.3 Å². The summed E-state index contributed by atoms with van der Waals surface area (Å²) < 4.78 is 24.8. The second-order valence-corrected chi connectivity index (χ2v) is 2.84. The maximum Gasteiger partial charge on any atom is 0.266 e. The van der Waals surface area contributed by atoms with E-state index in [1.54, 1.807) is 0 Å². The molecule has 1 rings (SSSR count).